The summed E-state index contributed by atoms with van der Waals surface area (Å²) in [4.78, 5) is 18.2. The SMILES string of the molecule is CO[C@H]1C[C@@H](O)C12CCN(C(=O)c1ccc(C#N)nc1)CC2. The zero-order chi connectivity index (χ0) is 15.7. The van der Waals surface area contributed by atoms with Crippen LogP contribution in [-0.2, 0) is 4.74 Å². The second kappa shape index (κ2) is 5.67. The minimum absolute atomic E-state index is 0.0744. The molecule has 1 saturated heterocycles. The molecular weight excluding hydrogens is 282 g/mol. The van der Waals surface area contributed by atoms with Crippen molar-refractivity contribution in [2.24, 2.45) is 5.41 Å². The van der Waals surface area contributed by atoms with Crippen molar-refractivity contribution >= 4 is 5.91 Å². The number of nitrogens with zero attached hydrogens (tertiary/aromatic N) is 3. The van der Waals surface area contributed by atoms with E-state index in [-0.39, 0.29) is 23.5 Å². The van der Waals surface area contributed by atoms with Crippen molar-refractivity contribution in [1.29, 1.82) is 5.26 Å². The quantitative estimate of drug-likeness (QED) is 0.879. The first kappa shape index (κ1) is 14.9. The van der Waals surface area contributed by atoms with E-state index in [4.69, 9.17) is 10.00 Å². The Balaban J connectivity index is 1.66. The molecule has 2 fully saturated rings. The van der Waals surface area contributed by atoms with Crippen LogP contribution < -0.4 is 0 Å². The first-order valence-electron chi connectivity index (χ1n) is 7.47. The topological polar surface area (TPSA) is 86.5 Å². The van der Waals surface area contributed by atoms with Crippen LogP contribution in [0.1, 0.15) is 35.3 Å². The van der Waals surface area contributed by atoms with Crippen LogP contribution >= 0.6 is 0 Å². The summed E-state index contributed by atoms with van der Waals surface area (Å²) < 4.78 is 5.45. The average molecular weight is 301 g/mol. The molecule has 1 amide bonds. The lowest BCUT2D eigenvalue weighted by molar-refractivity contribution is -0.199. The molecule has 0 radical (unpaired) electrons. The van der Waals surface area contributed by atoms with E-state index in [1.54, 1.807) is 24.1 Å². The monoisotopic (exact) mass is 301 g/mol. The minimum Gasteiger partial charge on any atom is -0.392 e. The Labute approximate surface area is 129 Å². The van der Waals surface area contributed by atoms with Gasteiger partial charge in [-0.05, 0) is 25.0 Å². The summed E-state index contributed by atoms with van der Waals surface area (Å²) >= 11 is 0. The summed E-state index contributed by atoms with van der Waals surface area (Å²) in [5, 5.41) is 18.8. The van der Waals surface area contributed by atoms with Crippen molar-refractivity contribution in [3.8, 4) is 6.07 Å². The fraction of sp³-hybridized carbons (Fsp3) is 0.562. The molecule has 0 bridgehead atoms. The molecule has 1 aromatic heterocycles. The zero-order valence-electron chi connectivity index (χ0n) is 12.5. The molecular formula is C16H19N3O3. The third-order valence-corrected chi connectivity index (χ3v) is 5.13. The Morgan fingerprint density at radius 3 is 2.73 bits per heavy atom. The number of aliphatic hydroxyl groups excluding tert-OH is 1. The number of aromatic nitrogens is 1. The van der Waals surface area contributed by atoms with Gasteiger partial charge < -0.3 is 14.7 Å². The van der Waals surface area contributed by atoms with Crippen LogP contribution in [0.15, 0.2) is 18.3 Å². The molecule has 22 heavy (non-hydrogen) atoms. The summed E-state index contributed by atoms with van der Waals surface area (Å²) in [7, 11) is 1.68. The molecule has 1 N–H and O–H groups in total. The van der Waals surface area contributed by atoms with E-state index in [2.05, 4.69) is 4.98 Å². The molecule has 1 saturated carbocycles. The molecule has 116 valence electrons. The summed E-state index contributed by atoms with van der Waals surface area (Å²) in [6, 6.07) is 5.12. The molecule has 2 heterocycles. The Morgan fingerprint density at radius 1 is 1.50 bits per heavy atom. The normalized spacial score (nSPS) is 26.3. The number of carbonyl (C=O) groups excluding carboxylic acids is 1. The predicted molar refractivity (Wildman–Crippen MR) is 77.9 cm³/mol. The Hall–Kier alpha value is -1.97. The standard InChI is InChI=1S/C16H19N3O3/c1-22-14-8-13(20)16(14)4-6-19(7-5-16)15(21)11-2-3-12(9-17)18-10-11/h2-3,10,13-14,20H,4-8H2,1H3/t13-,14+/m1/s1. The number of piperidine rings is 1. The van der Waals surface area contributed by atoms with Crippen molar-refractivity contribution in [3.63, 3.8) is 0 Å². The second-order valence-corrected chi connectivity index (χ2v) is 6.05. The summed E-state index contributed by atoms with van der Waals surface area (Å²) in [5.74, 6) is -0.0744. The molecule has 2 aliphatic rings. The predicted octanol–water partition coefficient (Wildman–Crippen LogP) is 0.955. The first-order chi connectivity index (χ1) is 10.6. The number of pyridine rings is 1. The molecule has 1 spiro atoms. The molecule has 1 aliphatic carbocycles. The number of carbonyl (C=O) groups is 1. The van der Waals surface area contributed by atoms with Crippen LogP contribution in [0.3, 0.4) is 0 Å². The summed E-state index contributed by atoms with van der Waals surface area (Å²) in [6.07, 6.45) is 3.40. The van der Waals surface area contributed by atoms with Gasteiger partial charge in [-0.25, -0.2) is 4.98 Å². The molecule has 1 aromatic rings. The van der Waals surface area contributed by atoms with Gasteiger partial charge >= 0.3 is 0 Å². The number of aliphatic hydroxyl groups is 1. The number of hydrogen-bond acceptors (Lipinski definition) is 5. The molecule has 6 nitrogen and oxygen atoms in total. The van der Waals surface area contributed by atoms with Gasteiger partial charge in [-0.3, -0.25) is 4.79 Å². The van der Waals surface area contributed by atoms with E-state index >= 15 is 0 Å². The Kier molecular flexibility index (Phi) is 3.85. The van der Waals surface area contributed by atoms with Gasteiger partial charge in [0.2, 0.25) is 0 Å². The minimum atomic E-state index is -0.328. The average Bonchev–Trinajstić information content (AvgIpc) is 2.59. The van der Waals surface area contributed by atoms with Gasteiger partial charge in [-0.15, -0.1) is 0 Å². The lowest BCUT2D eigenvalue weighted by Gasteiger charge is -2.56. The maximum absolute atomic E-state index is 12.5. The molecule has 2 atom stereocenters. The number of nitriles is 1. The van der Waals surface area contributed by atoms with E-state index in [9.17, 15) is 9.90 Å². The van der Waals surface area contributed by atoms with Gasteiger partial charge in [0.05, 0.1) is 17.8 Å². The van der Waals surface area contributed by atoms with E-state index in [1.807, 2.05) is 6.07 Å². The largest absolute Gasteiger partial charge is 0.392 e. The van der Waals surface area contributed by atoms with Crippen LogP contribution in [0.2, 0.25) is 0 Å². The van der Waals surface area contributed by atoms with Gasteiger partial charge in [-0.2, -0.15) is 5.26 Å². The number of ether oxygens (including phenoxy) is 1. The third kappa shape index (κ3) is 2.27. The Bertz CT molecular complexity index is 600. The first-order valence-corrected chi connectivity index (χ1v) is 7.47. The maximum Gasteiger partial charge on any atom is 0.255 e. The lowest BCUT2D eigenvalue weighted by Crippen LogP contribution is -2.62. The van der Waals surface area contributed by atoms with E-state index in [0.29, 0.717) is 30.8 Å². The van der Waals surface area contributed by atoms with Crippen LogP contribution in [0, 0.1) is 16.7 Å². The molecule has 3 rings (SSSR count). The van der Waals surface area contributed by atoms with Crippen molar-refractivity contribution in [2.45, 2.75) is 31.5 Å². The van der Waals surface area contributed by atoms with Gasteiger partial charge in [0, 0.05) is 38.2 Å². The number of methoxy groups -OCH3 is 1. The fourth-order valence-corrected chi connectivity index (χ4v) is 3.61. The number of rotatable bonds is 2. The highest BCUT2D eigenvalue weighted by Crippen LogP contribution is 2.50. The molecule has 6 heteroatoms. The van der Waals surface area contributed by atoms with Crippen molar-refractivity contribution in [2.75, 3.05) is 20.2 Å². The van der Waals surface area contributed by atoms with Crippen LogP contribution in [0.5, 0.6) is 0 Å². The number of hydrogen-bond donors (Lipinski definition) is 1. The van der Waals surface area contributed by atoms with Crippen LogP contribution in [0.25, 0.3) is 0 Å². The van der Waals surface area contributed by atoms with Crippen molar-refractivity contribution in [1.82, 2.24) is 9.88 Å². The van der Waals surface area contributed by atoms with Crippen LogP contribution in [0.4, 0.5) is 0 Å². The lowest BCUT2D eigenvalue weighted by atomic mass is 9.58. The molecule has 0 unspecified atom stereocenters. The van der Waals surface area contributed by atoms with Gasteiger partial charge in [0.25, 0.3) is 5.91 Å². The third-order valence-electron chi connectivity index (χ3n) is 5.13. The Morgan fingerprint density at radius 2 is 2.23 bits per heavy atom. The van der Waals surface area contributed by atoms with Crippen molar-refractivity contribution in [3.05, 3.63) is 29.6 Å². The summed E-state index contributed by atoms with van der Waals surface area (Å²) in [6.45, 7) is 1.21. The number of amides is 1. The molecule has 0 aromatic carbocycles. The fourth-order valence-electron chi connectivity index (χ4n) is 3.61. The van der Waals surface area contributed by atoms with Gasteiger partial charge in [0.15, 0.2) is 0 Å². The van der Waals surface area contributed by atoms with E-state index in [0.717, 1.165) is 12.8 Å². The number of likely N-dealkylation sites (tertiary alicyclic amines) is 1. The van der Waals surface area contributed by atoms with E-state index in [1.165, 1.54) is 6.20 Å². The van der Waals surface area contributed by atoms with Gasteiger partial charge in [-0.1, -0.05) is 0 Å². The van der Waals surface area contributed by atoms with Crippen molar-refractivity contribution < 1.29 is 14.6 Å². The second-order valence-electron chi connectivity index (χ2n) is 6.05. The summed E-state index contributed by atoms with van der Waals surface area (Å²) in [5.41, 5.74) is 0.608. The molecule has 1 aliphatic heterocycles. The highest BCUT2D eigenvalue weighted by molar-refractivity contribution is 5.94. The maximum atomic E-state index is 12.5. The smallest absolute Gasteiger partial charge is 0.255 e. The van der Waals surface area contributed by atoms with E-state index < -0.39 is 0 Å². The highest BCUT2D eigenvalue weighted by atomic mass is 16.5. The zero-order valence-corrected chi connectivity index (χ0v) is 12.5. The van der Waals surface area contributed by atoms with Crippen LogP contribution in [-0.4, -0.2) is 53.3 Å². The highest BCUT2D eigenvalue weighted by Gasteiger charge is 2.56. The van der Waals surface area contributed by atoms with Gasteiger partial charge in [0.1, 0.15) is 11.8 Å².